The van der Waals surface area contributed by atoms with E-state index in [2.05, 4.69) is 25.1 Å². The standard InChI is InChI=1S/C17H18O/c1-3-7-16-12-15(10-11-17(16)13(2)18)14-8-5-4-6-9-14/h4-6,8-12H,3,7H2,1-2H3. The molecule has 18 heavy (non-hydrogen) atoms. The number of aryl methyl sites for hydroxylation is 1. The van der Waals surface area contributed by atoms with E-state index in [4.69, 9.17) is 0 Å². The first-order valence-electron chi connectivity index (χ1n) is 6.41. The van der Waals surface area contributed by atoms with E-state index >= 15 is 0 Å². The lowest BCUT2D eigenvalue weighted by atomic mass is 9.95. The van der Waals surface area contributed by atoms with Gasteiger partial charge in [-0.3, -0.25) is 4.79 Å². The molecule has 0 fully saturated rings. The van der Waals surface area contributed by atoms with E-state index in [1.54, 1.807) is 6.92 Å². The van der Waals surface area contributed by atoms with Crippen molar-refractivity contribution in [1.29, 1.82) is 0 Å². The van der Waals surface area contributed by atoms with Crippen LogP contribution in [0.5, 0.6) is 0 Å². The van der Waals surface area contributed by atoms with E-state index in [1.165, 1.54) is 11.1 Å². The molecule has 0 N–H and O–H groups in total. The van der Waals surface area contributed by atoms with Gasteiger partial charge >= 0.3 is 0 Å². The fourth-order valence-corrected chi connectivity index (χ4v) is 2.22. The van der Waals surface area contributed by atoms with E-state index in [9.17, 15) is 4.79 Å². The zero-order valence-electron chi connectivity index (χ0n) is 10.9. The summed E-state index contributed by atoms with van der Waals surface area (Å²) in [6.07, 6.45) is 2.01. The third-order valence-corrected chi connectivity index (χ3v) is 3.11. The summed E-state index contributed by atoms with van der Waals surface area (Å²) < 4.78 is 0. The minimum atomic E-state index is 0.151. The second kappa shape index (κ2) is 5.63. The van der Waals surface area contributed by atoms with Gasteiger partial charge in [-0.25, -0.2) is 0 Å². The SMILES string of the molecule is CCCc1cc(-c2ccccc2)ccc1C(C)=O. The average Bonchev–Trinajstić information content (AvgIpc) is 2.40. The summed E-state index contributed by atoms with van der Waals surface area (Å²) in [5.74, 6) is 0.151. The van der Waals surface area contributed by atoms with Gasteiger partial charge in [0.05, 0.1) is 0 Å². The first kappa shape index (κ1) is 12.6. The summed E-state index contributed by atoms with van der Waals surface area (Å²) in [4.78, 5) is 11.6. The molecule has 92 valence electrons. The summed E-state index contributed by atoms with van der Waals surface area (Å²) in [5.41, 5.74) is 4.40. The Morgan fingerprint density at radius 2 is 1.72 bits per heavy atom. The van der Waals surface area contributed by atoms with Gasteiger partial charge in [0.15, 0.2) is 5.78 Å². The number of hydrogen-bond donors (Lipinski definition) is 0. The fourth-order valence-electron chi connectivity index (χ4n) is 2.22. The van der Waals surface area contributed by atoms with Gasteiger partial charge in [0.2, 0.25) is 0 Å². The molecule has 0 spiro atoms. The Bertz CT molecular complexity index is 541. The third-order valence-electron chi connectivity index (χ3n) is 3.11. The zero-order valence-corrected chi connectivity index (χ0v) is 10.9. The van der Waals surface area contributed by atoms with Crippen molar-refractivity contribution in [1.82, 2.24) is 0 Å². The molecule has 2 aromatic carbocycles. The van der Waals surface area contributed by atoms with E-state index in [0.29, 0.717) is 0 Å². The Labute approximate surface area is 108 Å². The fraction of sp³-hybridized carbons (Fsp3) is 0.235. The highest BCUT2D eigenvalue weighted by atomic mass is 16.1. The maximum absolute atomic E-state index is 11.6. The number of hydrogen-bond acceptors (Lipinski definition) is 1. The molecule has 0 radical (unpaired) electrons. The topological polar surface area (TPSA) is 17.1 Å². The molecular formula is C17H18O. The van der Waals surface area contributed by atoms with Crippen molar-refractivity contribution in [2.24, 2.45) is 0 Å². The quantitative estimate of drug-likeness (QED) is 0.716. The van der Waals surface area contributed by atoms with Crippen molar-refractivity contribution in [3.8, 4) is 11.1 Å². The largest absolute Gasteiger partial charge is 0.295 e. The van der Waals surface area contributed by atoms with Crippen LogP contribution in [-0.4, -0.2) is 5.78 Å². The molecule has 0 aliphatic carbocycles. The van der Waals surface area contributed by atoms with Crippen LogP contribution < -0.4 is 0 Å². The summed E-state index contributed by atoms with van der Waals surface area (Å²) in [5, 5.41) is 0. The Morgan fingerprint density at radius 1 is 1.00 bits per heavy atom. The van der Waals surface area contributed by atoms with Gasteiger partial charge in [0, 0.05) is 5.56 Å². The Hall–Kier alpha value is -1.89. The van der Waals surface area contributed by atoms with E-state index in [0.717, 1.165) is 24.0 Å². The predicted octanol–water partition coefficient (Wildman–Crippen LogP) is 4.51. The van der Waals surface area contributed by atoms with Crippen LogP contribution in [0.3, 0.4) is 0 Å². The summed E-state index contributed by atoms with van der Waals surface area (Å²) in [6.45, 7) is 3.77. The van der Waals surface area contributed by atoms with Crippen LogP contribution in [0.2, 0.25) is 0 Å². The molecule has 0 bridgehead atoms. The normalized spacial score (nSPS) is 10.3. The van der Waals surface area contributed by atoms with Crippen molar-refractivity contribution in [2.75, 3.05) is 0 Å². The monoisotopic (exact) mass is 238 g/mol. The molecule has 0 heterocycles. The van der Waals surface area contributed by atoms with Crippen molar-refractivity contribution >= 4 is 5.78 Å². The molecule has 0 aliphatic heterocycles. The molecule has 0 aliphatic rings. The highest BCUT2D eigenvalue weighted by molar-refractivity contribution is 5.96. The van der Waals surface area contributed by atoms with Crippen LogP contribution in [0.4, 0.5) is 0 Å². The average molecular weight is 238 g/mol. The van der Waals surface area contributed by atoms with Crippen LogP contribution in [0.25, 0.3) is 11.1 Å². The Kier molecular flexibility index (Phi) is 3.93. The number of Topliss-reactive ketones (excluding diaryl/α,β-unsaturated/α-hetero) is 1. The van der Waals surface area contributed by atoms with Gasteiger partial charge in [0.1, 0.15) is 0 Å². The molecular weight excluding hydrogens is 220 g/mol. The van der Waals surface area contributed by atoms with Gasteiger partial charge in [-0.15, -0.1) is 0 Å². The van der Waals surface area contributed by atoms with Crippen LogP contribution in [0.15, 0.2) is 48.5 Å². The summed E-state index contributed by atoms with van der Waals surface area (Å²) in [6, 6.07) is 16.4. The molecule has 0 saturated carbocycles. The lowest BCUT2D eigenvalue weighted by Gasteiger charge is -2.09. The van der Waals surface area contributed by atoms with Crippen molar-refractivity contribution in [3.05, 3.63) is 59.7 Å². The second-order valence-corrected chi connectivity index (χ2v) is 4.54. The van der Waals surface area contributed by atoms with Gasteiger partial charge in [0.25, 0.3) is 0 Å². The minimum absolute atomic E-state index is 0.151. The summed E-state index contributed by atoms with van der Waals surface area (Å²) >= 11 is 0. The number of rotatable bonds is 4. The summed E-state index contributed by atoms with van der Waals surface area (Å²) in [7, 11) is 0. The van der Waals surface area contributed by atoms with E-state index < -0.39 is 0 Å². The Balaban J connectivity index is 2.46. The molecule has 0 unspecified atom stereocenters. The number of benzene rings is 2. The number of ketones is 1. The molecule has 0 aromatic heterocycles. The molecule has 2 aromatic rings. The first-order valence-corrected chi connectivity index (χ1v) is 6.41. The van der Waals surface area contributed by atoms with Crippen molar-refractivity contribution in [3.63, 3.8) is 0 Å². The van der Waals surface area contributed by atoms with Gasteiger partial charge < -0.3 is 0 Å². The molecule has 2 rings (SSSR count). The van der Waals surface area contributed by atoms with Crippen LogP contribution in [0, 0.1) is 0 Å². The number of carbonyl (C=O) groups is 1. The van der Waals surface area contributed by atoms with Crippen molar-refractivity contribution < 1.29 is 4.79 Å². The highest BCUT2D eigenvalue weighted by Crippen LogP contribution is 2.23. The van der Waals surface area contributed by atoms with Gasteiger partial charge in [-0.1, -0.05) is 61.9 Å². The lowest BCUT2D eigenvalue weighted by molar-refractivity contribution is 0.101. The van der Waals surface area contributed by atoms with Gasteiger partial charge in [-0.2, -0.15) is 0 Å². The zero-order chi connectivity index (χ0) is 13.0. The maximum Gasteiger partial charge on any atom is 0.160 e. The Morgan fingerprint density at radius 3 is 2.33 bits per heavy atom. The molecule has 1 nitrogen and oxygen atoms in total. The first-order chi connectivity index (χ1) is 8.72. The van der Waals surface area contributed by atoms with Crippen LogP contribution in [0.1, 0.15) is 36.2 Å². The second-order valence-electron chi connectivity index (χ2n) is 4.54. The molecule has 1 heteroatoms. The predicted molar refractivity (Wildman–Crippen MR) is 75.9 cm³/mol. The minimum Gasteiger partial charge on any atom is -0.295 e. The van der Waals surface area contributed by atoms with E-state index in [1.807, 2.05) is 30.3 Å². The lowest BCUT2D eigenvalue weighted by Crippen LogP contribution is -1.99. The highest BCUT2D eigenvalue weighted by Gasteiger charge is 2.08. The maximum atomic E-state index is 11.6. The van der Waals surface area contributed by atoms with Crippen molar-refractivity contribution in [2.45, 2.75) is 26.7 Å². The third kappa shape index (κ3) is 2.67. The number of carbonyl (C=O) groups excluding carboxylic acids is 1. The molecule has 0 amide bonds. The smallest absolute Gasteiger partial charge is 0.160 e. The molecule has 0 atom stereocenters. The van der Waals surface area contributed by atoms with Crippen LogP contribution >= 0.6 is 0 Å². The van der Waals surface area contributed by atoms with E-state index in [-0.39, 0.29) is 5.78 Å². The van der Waals surface area contributed by atoms with Crippen LogP contribution in [-0.2, 0) is 6.42 Å². The van der Waals surface area contributed by atoms with Gasteiger partial charge in [-0.05, 0) is 30.0 Å². The molecule has 0 saturated heterocycles.